The molecular weight excluding hydrogens is 298 g/mol. The zero-order valence-corrected chi connectivity index (χ0v) is 13.7. The average molecular weight is 323 g/mol. The zero-order valence-electron chi connectivity index (χ0n) is 13.7. The van der Waals surface area contributed by atoms with Crippen LogP contribution in [0.1, 0.15) is 47.5 Å². The van der Waals surface area contributed by atoms with Gasteiger partial charge in [0.2, 0.25) is 0 Å². The molecule has 0 bridgehead atoms. The van der Waals surface area contributed by atoms with Crippen molar-refractivity contribution in [3.05, 3.63) is 17.0 Å². The Morgan fingerprint density at radius 3 is 2.87 bits per heavy atom. The molecule has 3 atom stereocenters. The first-order valence-corrected chi connectivity index (χ1v) is 8.29. The number of aryl methyl sites for hydroxylation is 1. The number of aliphatic hydroxyl groups excluding tert-OH is 1. The minimum Gasteiger partial charge on any atom is -0.389 e. The molecule has 2 fully saturated rings. The number of hydrogen-bond acceptors (Lipinski definition) is 6. The van der Waals surface area contributed by atoms with Crippen LogP contribution in [0.4, 0.5) is 0 Å². The number of amides is 1. The SMILES string of the molecule is COCc1c(C(=O)N[C@@H]2CC[C@@H](N3CCCC3)[C@@H]2O)noc1C. The van der Waals surface area contributed by atoms with Crippen LogP contribution in [-0.2, 0) is 11.3 Å². The van der Waals surface area contributed by atoms with Gasteiger partial charge in [0.25, 0.3) is 5.91 Å². The molecule has 23 heavy (non-hydrogen) atoms. The van der Waals surface area contributed by atoms with Gasteiger partial charge in [-0.2, -0.15) is 0 Å². The molecule has 1 saturated heterocycles. The summed E-state index contributed by atoms with van der Waals surface area (Å²) in [6.45, 7) is 4.12. The summed E-state index contributed by atoms with van der Waals surface area (Å²) in [5, 5.41) is 17.3. The van der Waals surface area contributed by atoms with E-state index in [-0.39, 0.29) is 30.3 Å². The van der Waals surface area contributed by atoms with E-state index in [4.69, 9.17) is 9.26 Å². The van der Waals surface area contributed by atoms with Gasteiger partial charge in [-0.15, -0.1) is 0 Å². The molecule has 2 aliphatic rings. The van der Waals surface area contributed by atoms with E-state index < -0.39 is 6.10 Å². The van der Waals surface area contributed by atoms with Gasteiger partial charge in [-0.3, -0.25) is 9.69 Å². The van der Waals surface area contributed by atoms with Gasteiger partial charge in [-0.25, -0.2) is 0 Å². The molecule has 1 aliphatic carbocycles. The highest BCUT2D eigenvalue weighted by atomic mass is 16.5. The maximum Gasteiger partial charge on any atom is 0.274 e. The zero-order chi connectivity index (χ0) is 16.4. The van der Waals surface area contributed by atoms with Gasteiger partial charge in [-0.1, -0.05) is 5.16 Å². The lowest BCUT2D eigenvalue weighted by molar-refractivity contribution is 0.0615. The minimum atomic E-state index is -0.532. The first kappa shape index (κ1) is 16.4. The molecule has 128 valence electrons. The molecule has 3 rings (SSSR count). The third kappa shape index (κ3) is 3.27. The summed E-state index contributed by atoms with van der Waals surface area (Å²) in [6, 6.07) is -0.0826. The molecule has 1 saturated carbocycles. The van der Waals surface area contributed by atoms with Gasteiger partial charge >= 0.3 is 0 Å². The van der Waals surface area contributed by atoms with Crippen LogP contribution in [0.15, 0.2) is 4.52 Å². The number of likely N-dealkylation sites (tertiary alicyclic amines) is 1. The number of nitrogens with zero attached hydrogens (tertiary/aromatic N) is 2. The number of nitrogens with one attached hydrogen (secondary N) is 1. The molecule has 0 aromatic carbocycles. The highest BCUT2D eigenvalue weighted by molar-refractivity contribution is 5.94. The van der Waals surface area contributed by atoms with Gasteiger partial charge in [0.1, 0.15) is 5.76 Å². The Morgan fingerprint density at radius 1 is 1.43 bits per heavy atom. The first-order chi connectivity index (χ1) is 11.1. The Labute approximate surface area is 136 Å². The predicted molar refractivity (Wildman–Crippen MR) is 83.0 cm³/mol. The Morgan fingerprint density at radius 2 is 2.17 bits per heavy atom. The molecule has 1 aliphatic heterocycles. The lowest BCUT2D eigenvalue weighted by Gasteiger charge is -2.28. The Balaban J connectivity index is 1.64. The monoisotopic (exact) mass is 323 g/mol. The summed E-state index contributed by atoms with van der Waals surface area (Å²) in [5.41, 5.74) is 0.912. The molecule has 2 heterocycles. The second-order valence-electron chi connectivity index (χ2n) is 6.46. The van der Waals surface area contributed by atoms with E-state index in [1.54, 1.807) is 14.0 Å². The van der Waals surface area contributed by atoms with E-state index in [2.05, 4.69) is 15.4 Å². The van der Waals surface area contributed by atoms with Gasteiger partial charge in [-0.05, 0) is 45.7 Å². The van der Waals surface area contributed by atoms with E-state index in [1.807, 2.05) is 0 Å². The first-order valence-electron chi connectivity index (χ1n) is 8.29. The normalized spacial score (nSPS) is 28.4. The van der Waals surface area contributed by atoms with Crippen molar-refractivity contribution in [3.63, 3.8) is 0 Å². The van der Waals surface area contributed by atoms with Crippen molar-refractivity contribution in [2.75, 3.05) is 20.2 Å². The molecule has 2 N–H and O–H groups in total. The molecule has 1 amide bonds. The second kappa shape index (κ2) is 6.98. The Bertz CT molecular complexity index is 554. The standard InChI is InChI=1S/C16H25N3O4/c1-10-11(9-22-2)14(18-23-10)16(21)17-12-5-6-13(15(12)20)19-7-3-4-8-19/h12-13,15,20H,3-9H2,1-2H3,(H,17,21)/t12-,13-,15-/m1/s1. The van der Waals surface area contributed by atoms with Crippen molar-refractivity contribution in [3.8, 4) is 0 Å². The summed E-state index contributed by atoms with van der Waals surface area (Å²) >= 11 is 0. The summed E-state index contributed by atoms with van der Waals surface area (Å²) in [4.78, 5) is 14.8. The van der Waals surface area contributed by atoms with E-state index in [0.29, 0.717) is 11.3 Å². The molecule has 7 nitrogen and oxygen atoms in total. The van der Waals surface area contributed by atoms with Crippen molar-refractivity contribution in [2.24, 2.45) is 0 Å². The van der Waals surface area contributed by atoms with Crippen LogP contribution >= 0.6 is 0 Å². The number of rotatable bonds is 5. The van der Waals surface area contributed by atoms with Gasteiger partial charge in [0.15, 0.2) is 5.69 Å². The van der Waals surface area contributed by atoms with Crippen LogP contribution in [0.2, 0.25) is 0 Å². The maximum absolute atomic E-state index is 12.5. The molecule has 0 unspecified atom stereocenters. The number of carbonyl (C=O) groups excluding carboxylic acids is 1. The molecule has 7 heteroatoms. The lowest BCUT2D eigenvalue weighted by Crippen LogP contribution is -2.47. The van der Waals surface area contributed by atoms with E-state index in [9.17, 15) is 9.90 Å². The van der Waals surface area contributed by atoms with Crippen molar-refractivity contribution in [2.45, 2.75) is 57.4 Å². The van der Waals surface area contributed by atoms with Crippen LogP contribution in [0.5, 0.6) is 0 Å². The molecule has 1 aromatic rings. The van der Waals surface area contributed by atoms with Crippen LogP contribution in [0.3, 0.4) is 0 Å². The number of hydrogen-bond donors (Lipinski definition) is 2. The average Bonchev–Trinajstić information content (AvgIpc) is 3.23. The third-order valence-electron chi connectivity index (χ3n) is 4.99. The van der Waals surface area contributed by atoms with Crippen molar-refractivity contribution < 1.29 is 19.2 Å². The Hall–Kier alpha value is -1.44. The van der Waals surface area contributed by atoms with Crippen LogP contribution in [0.25, 0.3) is 0 Å². The van der Waals surface area contributed by atoms with Gasteiger partial charge < -0.3 is 19.7 Å². The smallest absolute Gasteiger partial charge is 0.274 e. The minimum absolute atomic E-state index is 0.153. The maximum atomic E-state index is 12.5. The van der Waals surface area contributed by atoms with Gasteiger partial charge in [0.05, 0.1) is 24.3 Å². The van der Waals surface area contributed by atoms with Crippen LogP contribution in [-0.4, -0.2) is 59.5 Å². The van der Waals surface area contributed by atoms with E-state index in [0.717, 1.165) is 25.9 Å². The summed E-state index contributed by atoms with van der Waals surface area (Å²) in [6.07, 6.45) is 3.55. The lowest BCUT2D eigenvalue weighted by atomic mass is 10.1. The van der Waals surface area contributed by atoms with E-state index >= 15 is 0 Å². The number of aliphatic hydroxyl groups is 1. The van der Waals surface area contributed by atoms with Crippen LogP contribution in [0, 0.1) is 6.92 Å². The number of aromatic nitrogens is 1. The fourth-order valence-electron chi connectivity index (χ4n) is 3.71. The topological polar surface area (TPSA) is 87.8 Å². The summed E-state index contributed by atoms with van der Waals surface area (Å²) in [5.74, 6) is 0.277. The third-order valence-corrected chi connectivity index (χ3v) is 4.99. The molecular formula is C16H25N3O4. The molecule has 0 radical (unpaired) electrons. The van der Waals surface area contributed by atoms with E-state index in [1.165, 1.54) is 12.8 Å². The van der Waals surface area contributed by atoms with Gasteiger partial charge in [0, 0.05) is 13.2 Å². The van der Waals surface area contributed by atoms with Crippen LogP contribution < -0.4 is 5.32 Å². The summed E-state index contributed by atoms with van der Waals surface area (Å²) < 4.78 is 10.2. The Kier molecular flexibility index (Phi) is 4.99. The fourth-order valence-corrected chi connectivity index (χ4v) is 3.71. The van der Waals surface area contributed by atoms with Crippen molar-refractivity contribution in [1.29, 1.82) is 0 Å². The van der Waals surface area contributed by atoms with Crippen molar-refractivity contribution >= 4 is 5.91 Å². The van der Waals surface area contributed by atoms with Crippen molar-refractivity contribution in [1.82, 2.24) is 15.4 Å². The highest BCUT2D eigenvalue weighted by Gasteiger charge is 2.40. The molecule has 1 aromatic heterocycles. The fraction of sp³-hybridized carbons (Fsp3) is 0.750. The number of ether oxygens (including phenoxy) is 1. The quantitative estimate of drug-likeness (QED) is 0.835. The predicted octanol–water partition coefficient (Wildman–Crippen LogP) is 0.847. The highest BCUT2D eigenvalue weighted by Crippen LogP contribution is 2.28. The number of methoxy groups -OCH3 is 1. The molecule has 0 spiro atoms. The second-order valence-corrected chi connectivity index (χ2v) is 6.46. The largest absolute Gasteiger partial charge is 0.389 e. The summed E-state index contributed by atoms with van der Waals surface area (Å²) in [7, 11) is 1.56. The number of carbonyl (C=O) groups is 1.